The SMILES string of the molecule is C=CCC(NC(C)CC)C(=O)O. The van der Waals surface area contributed by atoms with Gasteiger partial charge in [0, 0.05) is 6.04 Å². The van der Waals surface area contributed by atoms with Crippen LogP contribution in [0.3, 0.4) is 0 Å². The number of hydrogen-bond acceptors (Lipinski definition) is 2. The van der Waals surface area contributed by atoms with Crippen LogP contribution in [-0.2, 0) is 4.79 Å². The highest BCUT2D eigenvalue weighted by molar-refractivity contribution is 5.73. The van der Waals surface area contributed by atoms with E-state index in [1.807, 2.05) is 13.8 Å². The number of hydrogen-bond donors (Lipinski definition) is 2. The zero-order chi connectivity index (χ0) is 9.56. The molecular weight excluding hydrogens is 154 g/mol. The molecule has 0 fully saturated rings. The average molecular weight is 171 g/mol. The van der Waals surface area contributed by atoms with Crippen LogP contribution < -0.4 is 5.32 Å². The van der Waals surface area contributed by atoms with Crippen LogP contribution in [0, 0.1) is 0 Å². The van der Waals surface area contributed by atoms with Crippen molar-refractivity contribution in [2.75, 3.05) is 0 Å². The number of aliphatic carboxylic acids is 1. The molecule has 0 bridgehead atoms. The van der Waals surface area contributed by atoms with Crippen LogP contribution >= 0.6 is 0 Å². The van der Waals surface area contributed by atoms with E-state index in [9.17, 15) is 4.79 Å². The Morgan fingerprint density at radius 1 is 1.75 bits per heavy atom. The molecule has 70 valence electrons. The summed E-state index contributed by atoms with van der Waals surface area (Å²) in [5.41, 5.74) is 0. The Bertz CT molecular complexity index is 157. The molecule has 0 aromatic rings. The fourth-order valence-corrected chi connectivity index (χ4v) is 0.868. The molecular formula is C9H17NO2. The van der Waals surface area contributed by atoms with E-state index in [0.29, 0.717) is 6.42 Å². The lowest BCUT2D eigenvalue weighted by Crippen LogP contribution is -2.41. The topological polar surface area (TPSA) is 49.3 Å². The van der Waals surface area contributed by atoms with Crippen LogP contribution in [0.2, 0.25) is 0 Å². The van der Waals surface area contributed by atoms with Gasteiger partial charge in [0.25, 0.3) is 0 Å². The molecule has 12 heavy (non-hydrogen) atoms. The van der Waals surface area contributed by atoms with Gasteiger partial charge in [0.2, 0.25) is 0 Å². The van der Waals surface area contributed by atoms with Crippen LogP contribution in [0.5, 0.6) is 0 Å². The molecule has 0 aliphatic heterocycles. The summed E-state index contributed by atoms with van der Waals surface area (Å²) in [4.78, 5) is 10.6. The third kappa shape index (κ3) is 4.13. The summed E-state index contributed by atoms with van der Waals surface area (Å²) >= 11 is 0. The van der Waals surface area contributed by atoms with Gasteiger partial charge in [0.15, 0.2) is 0 Å². The first-order valence-corrected chi connectivity index (χ1v) is 4.21. The second-order valence-electron chi connectivity index (χ2n) is 2.89. The van der Waals surface area contributed by atoms with Crippen molar-refractivity contribution in [2.24, 2.45) is 0 Å². The Balaban J connectivity index is 3.94. The van der Waals surface area contributed by atoms with Gasteiger partial charge in [-0.2, -0.15) is 0 Å². The fourth-order valence-electron chi connectivity index (χ4n) is 0.868. The number of carboxylic acids is 1. The second kappa shape index (κ2) is 5.77. The molecule has 0 rings (SSSR count). The average Bonchev–Trinajstić information content (AvgIpc) is 2.03. The van der Waals surface area contributed by atoms with E-state index in [1.165, 1.54) is 0 Å². The molecule has 0 aliphatic rings. The van der Waals surface area contributed by atoms with Crippen molar-refractivity contribution >= 4 is 5.97 Å². The Kier molecular flexibility index (Phi) is 5.37. The molecule has 0 amide bonds. The van der Waals surface area contributed by atoms with Gasteiger partial charge in [-0.15, -0.1) is 6.58 Å². The van der Waals surface area contributed by atoms with Crippen LogP contribution in [-0.4, -0.2) is 23.2 Å². The number of carboxylic acid groups (broad SMARTS) is 1. The van der Waals surface area contributed by atoms with Crippen molar-refractivity contribution in [3.8, 4) is 0 Å². The van der Waals surface area contributed by atoms with E-state index in [0.717, 1.165) is 6.42 Å². The predicted molar refractivity (Wildman–Crippen MR) is 49.1 cm³/mol. The van der Waals surface area contributed by atoms with Gasteiger partial charge in [-0.3, -0.25) is 4.79 Å². The van der Waals surface area contributed by atoms with Crippen LogP contribution in [0.4, 0.5) is 0 Å². The lowest BCUT2D eigenvalue weighted by Gasteiger charge is -2.17. The number of carbonyl (C=O) groups is 1. The van der Waals surface area contributed by atoms with Crippen molar-refractivity contribution in [3.63, 3.8) is 0 Å². The monoisotopic (exact) mass is 171 g/mol. The highest BCUT2D eigenvalue weighted by Gasteiger charge is 2.16. The van der Waals surface area contributed by atoms with E-state index in [4.69, 9.17) is 5.11 Å². The zero-order valence-corrected chi connectivity index (χ0v) is 7.71. The lowest BCUT2D eigenvalue weighted by molar-refractivity contribution is -0.139. The van der Waals surface area contributed by atoms with Crippen molar-refractivity contribution in [1.82, 2.24) is 5.32 Å². The summed E-state index contributed by atoms with van der Waals surface area (Å²) in [6.45, 7) is 7.50. The lowest BCUT2D eigenvalue weighted by atomic mass is 10.1. The summed E-state index contributed by atoms with van der Waals surface area (Å²) in [6, 6.07) is -0.247. The van der Waals surface area contributed by atoms with Gasteiger partial charge in [-0.25, -0.2) is 0 Å². The molecule has 0 spiro atoms. The molecule has 2 atom stereocenters. The van der Waals surface area contributed by atoms with Crippen molar-refractivity contribution in [2.45, 2.75) is 38.8 Å². The molecule has 0 radical (unpaired) electrons. The van der Waals surface area contributed by atoms with Crippen molar-refractivity contribution < 1.29 is 9.90 Å². The summed E-state index contributed by atoms with van der Waals surface area (Å²) in [5, 5.41) is 11.7. The predicted octanol–water partition coefficient (Wildman–Crippen LogP) is 1.40. The zero-order valence-electron chi connectivity index (χ0n) is 7.71. The van der Waals surface area contributed by atoms with Crippen LogP contribution in [0.25, 0.3) is 0 Å². The van der Waals surface area contributed by atoms with Crippen molar-refractivity contribution in [3.05, 3.63) is 12.7 Å². The summed E-state index contributed by atoms with van der Waals surface area (Å²) in [7, 11) is 0. The second-order valence-corrected chi connectivity index (χ2v) is 2.89. The molecule has 0 saturated carbocycles. The summed E-state index contributed by atoms with van der Waals surface area (Å²) < 4.78 is 0. The van der Waals surface area contributed by atoms with E-state index >= 15 is 0 Å². The molecule has 0 aliphatic carbocycles. The first-order chi connectivity index (χ1) is 5.61. The maximum Gasteiger partial charge on any atom is 0.321 e. The minimum Gasteiger partial charge on any atom is -0.480 e. The Morgan fingerprint density at radius 3 is 2.67 bits per heavy atom. The van der Waals surface area contributed by atoms with Gasteiger partial charge in [0.05, 0.1) is 0 Å². The highest BCUT2D eigenvalue weighted by Crippen LogP contribution is 1.97. The van der Waals surface area contributed by atoms with E-state index < -0.39 is 12.0 Å². The molecule has 0 aromatic heterocycles. The minimum absolute atomic E-state index is 0.242. The maximum absolute atomic E-state index is 10.6. The summed E-state index contributed by atoms with van der Waals surface area (Å²) in [5.74, 6) is -0.810. The van der Waals surface area contributed by atoms with Crippen molar-refractivity contribution in [1.29, 1.82) is 0 Å². The number of rotatable bonds is 6. The standard InChI is InChI=1S/C9H17NO2/c1-4-6-8(9(11)12)10-7(3)5-2/h4,7-8,10H,1,5-6H2,2-3H3,(H,11,12). The molecule has 0 aromatic carbocycles. The number of nitrogens with one attached hydrogen (secondary N) is 1. The van der Waals surface area contributed by atoms with Gasteiger partial charge >= 0.3 is 5.97 Å². The van der Waals surface area contributed by atoms with Gasteiger partial charge in [-0.1, -0.05) is 13.0 Å². The van der Waals surface area contributed by atoms with Gasteiger partial charge in [-0.05, 0) is 19.8 Å². The Hall–Kier alpha value is -0.830. The first-order valence-electron chi connectivity index (χ1n) is 4.21. The molecule has 0 saturated heterocycles. The van der Waals surface area contributed by atoms with Gasteiger partial charge in [0.1, 0.15) is 6.04 Å². The smallest absolute Gasteiger partial charge is 0.321 e. The molecule has 0 heterocycles. The molecule has 2 unspecified atom stereocenters. The normalized spacial score (nSPS) is 15.2. The van der Waals surface area contributed by atoms with E-state index in [1.54, 1.807) is 6.08 Å². The third-order valence-electron chi connectivity index (χ3n) is 1.80. The summed E-state index contributed by atoms with van der Waals surface area (Å²) in [6.07, 6.45) is 3.02. The molecule has 2 N–H and O–H groups in total. The van der Waals surface area contributed by atoms with Crippen LogP contribution in [0.1, 0.15) is 26.7 Å². The quantitative estimate of drug-likeness (QED) is 0.594. The highest BCUT2D eigenvalue weighted by atomic mass is 16.4. The van der Waals surface area contributed by atoms with E-state index in [2.05, 4.69) is 11.9 Å². The molecule has 3 heteroatoms. The largest absolute Gasteiger partial charge is 0.480 e. The first kappa shape index (κ1) is 11.2. The maximum atomic E-state index is 10.6. The van der Waals surface area contributed by atoms with E-state index in [-0.39, 0.29) is 6.04 Å². The van der Waals surface area contributed by atoms with Gasteiger partial charge < -0.3 is 10.4 Å². The van der Waals surface area contributed by atoms with Crippen LogP contribution in [0.15, 0.2) is 12.7 Å². The minimum atomic E-state index is -0.810. The fraction of sp³-hybridized carbons (Fsp3) is 0.667. The Labute approximate surface area is 73.5 Å². The third-order valence-corrected chi connectivity index (χ3v) is 1.80. The molecule has 3 nitrogen and oxygen atoms in total. The Morgan fingerprint density at radius 2 is 2.33 bits per heavy atom.